The molecule has 25 heavy (non-hydrogen) atoms. The average molecular weight is 341 g/mol. The zero-order chi connectivity index (χ0) is 17.2. The number of likely N-dealkylation sites (tertiary alicyclic amines) is 1. The lowest BCUT2D eigenvalue weighted by atomic mass is 9.97. The van der Waals surface area contributed by atoms with Crippen molar-refractivity contribution in [3.05, 3.63) is 36.3 Å². The fraction of sp³-hybridized carbons (Fsp3) is 0.556. The van der Waals surface area contributed by atoms with Crippen molar-refractivity contribution in [2.24, 2.45) is 13.0 Å². The number of imidazole rings is 1. The molecule has 2 aromatic rings. The van der Waals surface area contributed by atoms with Crippen LogP contribution in [0.4, 0.5) is 0 Å². The molecule has 0 atom stereocenters. The second-order valence-corrected chi connectivity index (χ2v) is 7.03. The molecule has 1 aliphatic heterocycles. The third-order valence-corrected chi connectivity index (χ3v) is 4.95. The van der Waals surface area contributed by atoms with Gasteiger partial charge >= 0.3 is 0 Å². The lowest BCUT2D eigenvalue weighted by Crippen LogP contribution is -2.39. The van der Waals surface area contributed by atoms with Crippen LogP contribution in [0.2, 0.25) is 0 Å². The number of nitrogens with zero attached hydrogens (tertiary/aromatic N) is 5. The van der Waals surface area contributed by atoms with E-state index in [-0.39, 0.29) is 5.91 Å². The SMILES string of the molecule is Cn1cnc(C(=O)N2CCC(COc3cc(C4CC4)ncn3)CC2)c1. The number of piperidine rings is 1. The summed E-state index contributed by atoms with van der Waals surface area (Å²) in [4.78, 5) is 27.0. The summed E-state index contributed by atoms with van der Waals surface area (Å²) in [5, 5.41) is 0. The highest BCUT2D eigenvalue weighted by molar-refractivity contribution is 5.92. The number of amides is 1. The highest BCUT2D eigenvalue weighted by Gasteiger charge is 2.27. The number of rotatable bonds is 5. The first kappa shape index (κ1) is 16.1. The molecule has 1 amide bonds. The molecule has 0 N–H and O–H groups in total. The van der Waals surface area contributed by atoms with Crippen molar-refractivity contribution in [3.63, 3.8) is 0 Å². The standard InChI is InChI=1S/C18H23N5O2/c1-22-9-16(21-12-22)18(24)23-6-4-13(5-7-23)10-25-17-8-15(14-2-3-14)19-11-20-17/h8-9,11-14H,2-7,10H2,1H3. The molecule has 132 valence electrons. The Hall–Kier alpha value is -2.44. The number of carbonyl (C=O) groups excluding carboxylic acids is 1. The summed E-state index contributed by atoms with van der Waals surface area (Å²) in [6.45, 7) is 2.15. The number of carbonyl (C=O) groups is 1. The van der Waals surface area contributed by atoms with E-state index in [1.165, 1.54) is 12.8 Å². The summed E-state index contributed by atoms with van der Waals surface area (Å²) in [7, 11) is 1.87. The van der Waals surface area contributed by atoms with Gasteiger partial charge in [-0.2, -0.15) is 0 Å². The van der Waals surface area contributed by atoms with Crippen molar-refractivity contribution in [1.82, 2.24) is 24.4 Å². The van der Waals surface area contributed by atoms with E-state index < -0.39 is 0 Å². The van der Waals surface area contributed by atoms with Crippen LogP contribution in [0.5, 0.6) is 5.88 Å². The minimum absolute atomic E-state index is 0.0184. The largest absolute Gasteiger partial charge is 0.477 e. The molecule has 1 saturated heterocycles. The Morgan fingerprint density at radius 1 is 1.20 bits per heavy atom. The molecule has 4 rings (SSSR count). The Kier molecular flexibility index (Phi) is 4.38. The summed E-state index contributed by atoms with van der Waals surface area (Å²) >= 11 is 0. The van der Waals surface area contributed by atoms with E-state index in [1.54, 1.807) is 23.4 Å². The molecule has 0 radical (unpaired) electrons. The molecule has 3 heterocycles. The first-order valence-electron chi connectivity index (χ1n) is 8.91. The molecule has 0 unspecified atom stereocenters. The van der Waals surface area contributed by atoms with Gasteiger partial charge in [0, 0.05) is 38.3 Å². The molecule has 7 nitrogen and oxygen atoms in total. The van der Waals surface area contributed by atoms with Crippen molar-refractivity contribution in [1.29, 1.82) is 0 Å². The number of ether oxygens (including phenoxy) is 1. The minimum Gasteiger partial charge on any atom is -0.477 e. The molecule has 0 bridgehead atoms. The van der Waals surface area contributed by atoms with Gasteiger partial charge in [-0.3, -0.25) is 4.79 Å². The average Bonchev–Trinajstić information content (AvgIpc) is 3.41. The molecule has 1 saturated carbocycles. The molecule has 1 aliphatic carbocycles. The molecule has 0 spiro atoms. The maximum atomic E-state index is 12.4. The summed E-state index contributed by atoms with van der Waals surface area (Å²) in [5.74, 6) is 1.74. The Morgan fingerprint density at radius 3 is 2.68 bits per heavy atom. The molecule has 2 aromatic heterocycles. The lowest BCUT2D eigenvalue weighted by molar-refractivity contribution is 0.0654. The van der Waals surface area contributed by atoms with E-state index in [4.69, 9.17) is 4.74 Å². The number of hydrogen-bond donors (Lipinski definition) is 0. The van der Waals surface area contributed by atoms with Gasteiger partial charge in [0.2, 0.25) is 5.88 Å². The van der Waals surface area contributed by atoms with Crippen molar-refractivity contribution in [2.45, 2.75) is 31.6 Å². The van der Waals surface area contributed by atoms with Gasteiger partial charge < -0.3 is 14.2 Å². The molecule has 0 aromatic carbocycles. The van der Waals surface area contributed by atoms with Crippen molar-refractivity contribution in [3.8, 4) is 5.88 Å². The first-order chi connectivity index (χ1) is 12.2. The zero-order valence-electron chi connectivity index (χ0n) is 14.5. The van der Waals surface area contributed by atoms with Crippen LogP contribution < -0.4 is 4.74 Å². The molecular formula is C18H23N5O2. The predicted molar refractivity (Wildman–Crippen MR) is 91.3 cm³/mol. The van der Waals surface area contributed by atoms with Crippen LogP contribution in [0.25, 0.3) is 0 Å². The smallest absolute Gasteiger partial charge is 0.274 e. The number of aryl methyl sites for hydroxylation is 1. The fourth-order valence-corrected chi connectivity index (χ4v) is 3.23. The van der Waals surface area contributed by atoms with Gasteiger partial charge in [-0.05, 0) is 31.6 Å². The van der Waals surface area contributed by atoms with Crippen molar-refractivity contribution in [2.75, 3.05) is 19.7 Å². The van der Waals surface area contributed by atoms with Gasteiger partial charge in [0.1, 0.15) is 12.0 Å². The monoisotopic (exact) mass is 341 g/mol. The second kappa shape index (κ2) is 6.82. The summed E-state index contributed by atoms with van der Waals surface area (Å²) in [5.41, 5.74) is 1.62. The Morgan fingerprint density at radius 2 is 2.00 bits per heavy atom. The van der Waals surface area contributed by atoms with Crippen LogP contribution in [0.3, 0.4) is 0 Å². The zero-order valence-corrected chi connectivity index (χ0v) is 14.5. The van der Waals surface area contributed by atoms with Crippen molar-refractivity contribution < 1.29 is 9.53 Å². The maximum Gasteiger partial charge on any atom is 0.274 e. The molecule has 7 heteroatoms. The van der Waals surface area contributed by atoms with E-state index in [0.717, 1.165) is 31.6 Å². The Balaban J connectivity index is 1.26. The highest BCUT2D eigenvalue weighted by Crippen LogP contribution is 2.39. The molecular weight excluding hydrogens is 318 g/mol. The van der Waals surface area contributed by atoms with Crippen LogP contribution in [-0.2, 0) is 7.05 Å². The van der Waals surface area contributed by atoms with E-state index in [1.807, 2.05) is 18.0 Å². The number of hydrogen-bond acceptors (Lipinski definition) is 5. The van der Waals surface area contributed by atoms with E-state index in [9.17, 15) is 4.79 Å². The Labute approximate surface area is 147 Å². The van der Waals surface area contributed by atoms with Gasteiger partial charge in [-0.15, -0.1) is 0 Å². The van der Waals surface area contributed by atoms with Gasteiger partial charge in [-0.1, -0.05) is 0 Å². The predicted octanol–water partition coefficient (Wildman–Crippen LogP) is 2.02. The van der Waals surface area contributed by atoms with Gasteiger partial charge in [-0.25, -0.2) is 15.0 Å². The normalized spacial score (nSPS) is 18.4. The summed E-state index contributed by atoms with van der Waals surface area (Å²) in [6.07, 6.45) is 9.35. The van der Waals surface area contributed by atoms with Crippen molar-refractivity contribution >= 4 is 5.91 Å². The highest BCUT2D eigenvalue weighted by atomic mass is 16.5. The third-order valence-electron chi connectivity index (χ3n) is 4.95. The lowest BCUT2D eigenvalue weighted by Gasteiger charge is -2.31. The minimum atomic E-state index is 0.0184. The fourth-order valence-electron chi connectivity index (χ4n) is 3.23. The maximum absolute atomic E-state index is 12.4. The topological polar surface area (TPSA) is 73.1 Å². The van der Waals surface area contributed by atoms with Crippen LogP contribution in [0.15, 0.2) is 24.9 Å². The van der Waals surface area contributed by atoms with Crippen LogP contribution in [0.1, 0.15) is 47.8 Å². The molecule has 2 fully saturated rings. The quantitative estimate of drug-likeness (QED) is 0.832. The van der Waals surface area contributed by atoms with Gasteiger partial charge in [0.25, 0.3) is 5.91 Å². The van der Waals surface area contributed by atoms with Crippen LogP contribution in [-0.4, -0.2) is 50.0 Å². The molecule has 2 aliphatic rings. The summed E-state index contributed by atoms with van der Waals surface area (Å²) < 4.78 is 7.67. The first-order valence-corrected chi connectivity index (χ1v) is 8.91. The Bertz CT molecular complexity index is 747. The van der Waals surface area contributed by atoms with E-state index in [2.05, 4.69) is 15.0 Å². The van der Waals surface area contributed by atoms with E-state index >= 15 is 0 Å². The van der Waals surface area contributed by atoms with Crippen LogP contribution in [0, 0.1) is 5.92 Å². The van der Waals surface area contributed by atoms with Crippen LogP contribution >= 0.6 is 0 Å². The second-order valence-electron chi connectivity index (χ2n) is 7.03. The number of aromatic nitrogens is 4. The van der Waals surface area contributed by atoms with Gasteiger partial charge in [0.15, 0.2) is 0 Å². The van der Waals surface area contributed by atoms with E-state index in [0.29, 0.717) is 30.0 Å². The summed E-state index contributed by atoms with van der Waals surface area (Å²) in [6, 6.07) is 1.97. The third kappa shape index (κ3) is 3.81. The van der Waals surface area contributed by atoms with Gasteiger partial charge in [0.05, 0.1) is 18.6 Å².